The van der Waals surface area contributed by atoms with Crippen molar-refractivity contribution in [3.8, 4) is 16.9 Å². The molecule has 1 saturated heterocycles. The number of rotatable bonds is 7. The Morgan fingerprint density at radius 2 is 1.63 bits per heavy atom. The Balaban J connectivity index is 1.07. The molecule has 0 amide bonds. The summed E-state index contributed by atoms with van der Waals surface area (Å²) in [6, 6.07) is 23.0. The van der Waals surface area contributed by atoms with E-state index in [0.717, 1.165) is 67.3 Å². The van der Waals surface area contributed by atoms with Crippen molar-refractivity contribution in [2.45, 2.75) is 49.3 Å². The van der Waals surface area contributed by atoms with Crippen LogP contribution in [0.15, 0.2) is 85.1 Å². The van der Waals surface area contributed by atoms with E-state index in [2.05, 4.69) is 22.0 Å². The predicted molar refractivity (Wildman–Crippen MR) is 155 cm³/mol. The number of ether oxygens (including phenoxy) is 1. The van der Waals surface area contributed by atoms with Crippen LogP contribution in [-0.2, 0) is 34.3 Å². The van der Waals surface area contributed by atoms with E-state index in [9.17, 15) is 17.2 Å². The van der Waals surface area contributed by atoms with Crippen LogP contribution in [0, 0.1) is 11.6 Å². The van der Waals surface area contributed by atoms with E-state index in [1.54, 1.807) is 24.4 Å². The molecule has 1 spiro atoms. The largest absolute Gasteiger partial charge is 0.487 e. The van der Waals surface area contributed by atoms with Crippen LogP contribution in [0.2, 0.25) is 0 Å². The maximum Gasteiger partial charge on any atom is 0.160 e. The Hall–Kier alpha value is -3.62. The normalized spacial score (nSPS) is 16.7. The van der Waals surface area contributed by atoms with Gasteiger partial charge in [-0.25, -0.2) is 17.2 Å². The van der Waals surface area contributed by atoms with Crippen LogP contribution in [0.4, 0.5) is 8.78 Å². The fraction of sp³-hybridized carbons (Fsp3) is 0.303. The zero-order valence-electron chi connectivity index (χ0n) is 22.7. The Labute approximate surface area is 239 Å². The van der Waals surface area contributed by atoms with Crippen molar-refractivity contribution in [1.29, 1.82) is 0 Å². The molecule has 1 aromatic heterocycles. The molecule has 3 aromatic carbocycles. The smallest absolute Gasteiger partial charge is 0.160 e. The van der Waals surface area contributed by atoms with E-state index in [1.807, 2.05) is 30.3 Å². The summed E-state index contributed by atoms with van der Waals surface area (Å²) >= 11 is 0. The van der Waals surface area contributed by atoms with Gasteiger partial charge in [-0.15, -0.1) is 0 Å². The number of fused-ring (bicyclic) bond motifs is 1. The lowest BCUT2D eigenvalue weighted by Gasteiger charge is -2.44. The molecule has 0 N–H and O–H groups in total. The molecule has 4 aromatic rings. The van der Waals surface area contributed by atoms with Gasteiger partial charge in [-0.1, -0.05) is 42.5 Å². The molecular formula is C33H32F2N2O3S. The Bertz CT molecular complexity index is 1640. The summed E-state index contributed by atoms with van der Waals surface area (Å²) in [5.41, 5.74) is 4.88. The molecular weight excluding hydrogens is 542 g/mol. The van der Waals surface area contributed by atoms with Gasteiger partial charge in [-0.3, -0.25) is 9.88 Å². The van der Waals surface area contributed by atoms with Gasteiger partial charge in [0, 0.05) is 37.5 Å². The Kier molecular flexibility index (Phi) is 7.62. The predicted octanol–water partition coefficient (Wildman–Crippen LogP) is 6.50. The molecule has 8 heteroatoms. The topological polar surface area (TPSA) is 59.5 Å². The monoisotopic (exact) mass is 574 g/mol. The van der Waals surface area contributed by atoms with Crippen molar-refractivity contribution in [2.24, 2.45) is 0 Å². The molecule has 1 fully saturated rings. The molecule has 0 saturated carbocycles. The number of hydrogen-bond donors (Lipinski definition) is 0. The van der Waals surface area contributed by atoms with Crippen LogP contribution < -0.4 is 4.74 Å². The molecule has 212 valence electrons. The molecule has 5 nitrogen and oxygen atoms in total. The van der Waals surface area contributed by atoms with E-state index in [0.29, 0.717) is 17.8 Å². The Morgan fingerprint density at radius 3 is 2.37 bits per heavy atom. The minimum Gasteiger partial charge on any atom is -0.487 e. The third-order valence-electron chi connectivity index (χ3n) is 8.18. The number of hydrogen-bond acceptors (Lipinski definition) is 5. The van der Waals surface area contributed by atoms with Crippen LogP contribution in [0.3, 0.4) is 0 Å². The fourth-order valence-electron chi connectivity index (χ4n) is 5.87. The van der Waals surface area contributed by atoms with E-state index in [-0.39, 0.29) is 17.1 Å². The van der Waals surface area contributed by atoms with E-state index >= 15 is 0 Å². The second-order valence-corrected chi connectivity index (χ2v) is 13.2. The summed E-state index contributed by atoms with van der Waals surface area (Å²) in [7, 11) is -3.33. The minimum absolute atomic E-state index is 0.0275. The second-order valence-electron chi connectivity index (χ2n) is 11.2. The third-order valence-corrected chi connectivity index (χ3v) is 9.69. The van der Waals surface area contributed by atoms with E-state index in [1.165, 1.54) is 17.7 Å². The number of likely N-dealkylation sites (tertiary alicyclic amines) is 1. The van der Waals surface area contributed by atoms with E-state index < -0.39 is 21.5 Å². The average Bonchev–Trinajstić information content (AvgIpc) is 2.96. The van der Waals surface area contributed by atoms with Gasteiger partial charge in [0.1, 0.15) is 23.0 Å². The quantitative estimate of drug-likeness (QED) is 0.252. The maximum absolute atomic E-state index is 14.1. The number of aromatic nitrogens is 1. The molecule has 0 aliphatic carbocycles. The summed E-state index contributed by atoms with van der Waals surface area (Å²) in [4.78, 5) is 6.34. The highest BCUT2D eigenvalue weighted by atomic mass is 32.2. The Morgan fingerprint density at radius 1 is 0.854 bits per heavy atom. The lowest BCUT2D eigenvalue weighted by atomic mass is 9.82. The summed E-state index contributed by atoms with van der Waals surface area (Å²) in [5, 5.41) is 0. The first kappa shape index (κ1) is 27.5. The van der Waals surface area contributed by atoms with Crippen molar-refractivity contribution < 1.29 is 21.9 Å². The second kappa shape index (κ2) is 11.3. The van der Waals surface area contributed by atoms with Crippen molar-refractivity contribution in [3.63, 3.8) is 0 Å². The van der Waals surface area contributed by atoms with E-state index in [4.69, 9.17) is 4.74 Å². The number of pyridine rings is 1. The first-order chi connectivity index (χ1) is 19.8. The van der Waals surface area contributed by atoms with Crippen molar-refractivity contribution in [2.75, 3.05) is 13.1 Å². The summed E-state index contributed by atoms with van der Waals surface area (Å²) in [6.45, 7) is 2.07. The van der Waals surface area contributed by atoms with Crippen LogP contribution in [0.25, 0.3) is 11.1 Å². The van der Waals surface area contributed by atoms with Crippen LogP contribution in [0.1, 0.15) is 41.6 Å². The number of aryl methyl sites for hydroxylation is 1. The molecule has 0 unspecified atom stereocenters. The standard InChI is InChI=1S/C33H32F2N2O3S/c34-29-10-8-28(31(35)20-29)21-37-17-14-33(15-18-37)13-12-27-19-26(9-11-32(27)40-33)25-6-4-24(5-7-25)22-41(38,39)23-30-3-1-2-16-36-30/h1-11,16,19-20H,12-15,17-18,21-23H2. The van der Waals surface area contributed by atoms with Gasteiger partial charge < -0.3 is 4.74 Å². The fourth-order valence-corrected chi connectivity index (χ4v) is 7.29. The molecule has 0 atom stereocenters. The van der Waals surface area contributed by atoms with Gasteiger partial charge in [-0.05, 0) is 78.3 Å². The average molecular weight is 575 g/mol. The van der Waals surface area contributed by atoms with Gasteiger partial charge in [0.05, 0.1) is 17.2 Å². The number of nitrogens with zero attached hydrogens (tertiary/aromatic N) is 2. The van der Waals surface area contributed by atoms with Crippen molar-refractivity contribution in [3.05, 3.63) is 119 Å². The lowest BCUT2D eigenvalue weighted by molar-refractivity contribution is -0.0165. The molecule has 0 bridgehead atoms. The first-order valence-corrected chi connectivity index (χ1v) is 15.8. The zero-order valence-corrected chi connectivity index (χ0v) is 23.5. The summed E-state index contributed by atoms with van der Waals surface area (Å²) in [5.74, 6) is -0.242. The van der Waals surface area contributed by atoms with Gasteiger partial charge in [-0.2, -0.15) is 0 Å². The van der Waals surface area contributed by atoms with Crippen molar-refractivity contribution >= 4 is 9.84 Å². The maximum atomic E-state index is 14.1. The molecule has 0 radical (unpaired) electrons. The highest BCUT2D eigenvalue weighted by Crippen LogP contribution is 2.41. The van der Waals surface area contributed by atoms with Crippen molar-refractivity contribution in [1.82, 2.24) is 9.88 Å². The van der Waals surface area contributed by atoms with Crippen LogP contribution in [-0.4, -0.2) is 37.0 Å². The number of benzene rings is 3. The molecule has 41 heavy (non-hydrogen) atoms. The van der Waals surface area contributed by atoms with Gasteiger partial charge >= 0.3 is 0 Å². The van der Waals surface area contributed by atoms with Gasteiger partial charge in [0.25, 0.3) is 0 Å². The minimum atomic E-state index is -3.33. The highest BCUT2D eigenvalue weighted by Gasteiger charge is 2.39. The highest BCUT2D eigenvalue weighted by molar-refractivity contribution is 7.89. The van der Waals surface area contributed by atoms with Gasteiger partial charge in [0.2, 0.25) is 0 Å². The number of sulfone groups is 1. The van der Waals surface area contributed by atoms with Gasteiger partial charge in [0.15, 0.2) is 9.84 Å². The summed E-state index contributed by atoms with van der Waals surface area (Å²) < 4.78 is 59.3. The summed E-state index contributed by atoms with van der Waals surface area (Å²) in [6.07, 6.45) is 5.17. The lowest BCUT2D eigenvalue weighted by Crippen LogP contribution is -2.49. The first-order valence-electron chi connectivity index (χ1n) is 13.9. The molecule has 3 heterocycles. The molecule has 2 aliphatic heterocycles. The number of piperidine rings is 1. The SMILES string of the molecule is O=S(=O)(Cc1ccc(-c2ccc3c(c2)CCC2(CCN(Cc4ccc(F)cc4F)CC2)O3)cc1)Cc1ccccn1. The van der Waals surface area contributed by atoms with Crippen LogP contribution in [0.5, 0.6) is 5.75 Å². The molecule has 2 aliphatic rings. The third kappa shape index (κ3) is 6.49. The molecule has 6 rings (SSSR count). The number of halogens is 2. The van der Waals surface area contributed by atoms with Crippen LogP contribution >= 0.6 is 0 Å². The zero-order chi connectivity index (χ0) is 28.5.